The summed E-state index contributed by atoms with van der Waals surface area (Å²) in [7, 11) is 11.0. The Kier molecular flexibility index (Phi) is 14.5. The van der Waals surface area contributed by atoms with E-state index in [0.717, 1.165) is 39.1 Å². The first-order valence-corrected chi connectivity index (χ1v) is 30.4. The quantitative estimate of drug-likeness (QED) is 0.122. The fourth-order valence-electron chi connectivity index (χ4n) is 11.6. The molecule has 0 saturated heterocycles. The fourth-order valence-corrected chi connectivity index (χ4v) is 11.6. The van der Waals surface area contributed by atoms with Crippen molar-refractivity contribution in [2.75, 3.05) is 0 Å². The van der Waals surface area contributed by atoms with Gasteiger partial charge in [0.15, 0.2) is 0 Å². The van der Waals surface area contributed by atoms with Crippen LogP contribution < -0.4 is 0 Å². The van der Waals surface area contributed by atoms with E-state index in [0.29, 0.717) is 5.41 Å². The molecule has 4 heteroatoms. The number of aryl methyl sites for hydroxylation is 1. The SMILES string of the molecule is CC1CCC(c2cc3c(-c4ccc(C(C)(C)C)cc4)cccc3[cH-]2)CC1.C[Si]C.Cc1cc2c(-c3ccc(C45CC6CC(CC(C6)C4)C5)cc3)cccc2[cH-]1.[Cl][Zr+2][Cl]. The van der Waals surface area contributed by atoms with Crippen LogP contribution in [0.15, 0.2) is 109 Å². The molecule has 5 aliphatic rings. The van der Waals surface area contributed by atoms with Crippen molar-refractivity contribution in [1.29, 1.82) is 0 Å². The second kappa shape index (κ2) is 19.2. The van der Waals surface area contributed by atoms with Gasteiger partial charge in [0.1, 0.15) is 0 Å². The molecule has 58 heavy (non-hydrogen) atoms. The summed E-state index contributed by atoms with van der Waals surface area (Å²) in [6, 6.07) is 41.9. The molecular weight excluding hydrogens is 839 g/mol. The van der Waals surface area contributed by atoms with Crippen LogP contribution in [0.5, 0.6) is 0 Å². The van der Waals surface area contributed by atoms with E-state index in [-0.39, 0.29) is 5.41 Å². The van der Waals surface area contributed by atoms with E-state index in [1.165, 1.54) is 119 Å². The Hall–Kier alpha value is -2.22. The Bertz CT molecular complexity index is 2190. The van der Waals surface area contributed by atoms with Crippen LogP contribution in [0.25, 0.3) is 43.8 Å². The molecule has 0 aromatic heterocycles. The van der Waals surface area contributed by atoms with Gasteiger partial charge in [-0.25, -0.2) is 0 Å². The van der Waals surface area contributed by atoms with E-state index in [1.807, 2.05) is 0 Å². The summed E-state index contributed by atoms with van der Waals surface area (Å²) in [5, 5.41) is 5.58. The molecule has 0 N–H and O–H groups in total. The van der Waals surface area contributed by atoms with Gasteiger partial charge in [0, 0.05) is 9.52 Å². The molecule has 5 saturated carbocycles. The first-order chi connectivity index (χ1) is 27.9. The number of halogens is 2. The summed E-state index contributed by atoms with van der Waals surface area (Å²) in [5.41, 5.74) is 12.1. The van der Waals surface area contributed by atoms with Crippen LogP contribution in [0, 0.1) is 30.6 Å². The first-order valence-electron chi connectivity index (χ1n) is 22.1. The van der Waals surface area contributed by atoms with E-state index >= 15 is 0 Å². The average Bonchev–Trinajstić information content (AvgIpc) is 3.82. The maximum atomic E-state index is 4.93. The van der Waals surface area contributed by atoms with Crippen molar-refractivity contribution in [3.63, 3.8) is 0 Å². The van der Waals surface area contributed by atoms with Crippen molar-refractivity contribution in [2.24, 2.45) is 23.7 Å². The molecular formula is C54H64Cl2SiZr. The Morgan fingerprint density at radius 2 is 1.12 bits per heavy atom. The molecule has 0 amide bonds. The van der Waals surface area contributed by atoms with Gasteiger partial charge in [-0.05, 0) is 114 Å². The first kappa shape index (κ1) is 43.9. The van der Waals surface area contributed by atoms with Gasteiger partial charge in [-0.2, -0.15) is 12.1 Å². The van der Waals surface area contributed by atoms with Crippen molar-refractivity contribution >= 4 is 48.1 Å². The summed E-state index contributed by atoms with van der Waals surface area (Å²) in [6.07, 6.45) is 14.4. The monoisotopic (exact) mass is 900 g/mol. The summed E-state index contributed by atoms with van der Waals surface area (Å²) in [6.45, 7) is 15.7. The number of hydrogen-bond donors (Lipinski definition) is 0. The number of benzene rings is 4. The van der Waals surface area contributed by atoms with Gasteiger partial charge in [-0.3, -0.25) is 0 Å². The molecule has 0 nitrogen and oxygen atoms in total. The Morgan fingerprint density at radius 3 is 1.62 bits per heavy atom. The van der Waals surface area contributed by atoms with Crippen molar-refractivity contribution < 1.29 is 20.8 Å². The second-order valence-corrected chi connectivity index (χ2v) is 24.3. The minimum atomic E-state index is -0.826. The third kappa shape index (κ3) is 9.94. The van der Waals surface area contributed by atoms with E-state index in [1.54, 1.807) is 11.1 Å². The molecule has 0 heterocycles. The van der Waals surface area contributed by atoms with Crippen LogP contribution in [-0.2, 0) is 31.7 Å². The molecule has 0 spiro atoms. The molecule has 0 atom stereocenters. The molecule has 0 unspecified atom stereocenters. The molecule has 4 bridgehead atoms. The Balaban J connectivity index is 0.000000156. The normalized spacial score (nSPS) is 24.5. The second-order valence-electron chi connectivity index (χ2n) is 19.6. The molecule has 0 aliphatic heterocycles. The molecule has 302 valence electrons. The van der Waals surface area contributed by atoms with Gasteiger partial charge in [-0.1, -0.05) is 132 Å². The molecule has 6 aromatic carbocycles. The summed E-state index contributed by atoms with van der Waals surface area (Å²) in [4.78, 5) is 0. The molecule has 11 rings (SSSR count). The van der Waals surface area contributed by atoms with Crippen LogP contribution in [0.4, 0.5) is 0 Å². The van der Waals surface area contributed by atoms with Gasteiger partial charge in [0.25, 0.3) is 0 Å². The number of fused-ring (bicyclic) bond motifs is 2. The van der Waals surface area contributed by atoms with Crippen LogP contribution in [-0.4, -0.2) is 9.52 Å². The summed E-state index contributed by atoms with van der Waals surface area (Å²) < 4.78 is 0. The zero-order valence-electron chi connectivity index (χ0n) is 36.1. The zero-order chi connectivity index (χ0) is 41.0. The van der Waals surface area contributed by atoms with Crippen molar-refractivity contribution in [3.8, 4) is 22.3 Å². The third-order valence-electron chi connectivity index (χ3n) is 14.1. The average molecular weight is 903 g/mol. The van der Waals surface area contributed by atoms with Crippen LogP contribution in [0.3, 0.4) is 0 Å². The minimum absolute atomic E-state index is 0.204. The van der Waals surface area contributed by atoms with E-state index in [4.69, 9.17) is 17.0 Å². The standard InChI is InChI=1S/C26H27.C26H31.C2H6Si.2ClH.Zr/c1-17-9-22-3-2-4-24(25(22)10-17)21-5-7-23(8-6-21)26-14-18-11-19(15-26)13-20(12-18)16-26;1-18-8-10-19(11-9-18)22-16-21-6-5-7-24(25(21)17-22)20-12-14-23(15-13-20)26(2,3)4;1-3-2;;;/h2-10,18-20H,11-16H2,1H3;5-7,12-19H,8-11H2,1-4H3;1-2H3;2*1H;/q2*-1;;;;+4/p-2. The van der Waals surface area contributed by atoms with Gasteiger partial charge in [0.05, 0.1) is 0 Å². The van der Waals surface area contributed by atoms with Gasteiger partial charge < -0.3 is 0 Å². The van der Waals surface area contributed by atoms with Crippen LogP contribution in [0.1, 0.15) is 120 Å². The van der Waals surface area contributed by atoms with Gasteiger partial charge in [-0.15, -0.1) is 69.1 Å². The zero-order valence-corrected chi connectivity index (χ0v) is 41.1. The maximum absolute atomic E-state index is 4.93. The number of hydrogen-bond acceptors (Lipinski definition) is 0. The Labute approximate surface area is 372 Å². The van der Waals surface area contributed by atoms with Crippen molar-refractivity contribution in [2.45, 2.75) is 129 Å². The topological polar surface area (TPSA) is 0 Å². The van der Waals surface area contributed by atoms with Crippen molar-refractivity contribution in [1.82, 2.24) is 0 Å². The molecule has 6 aromatic rings. The Morgan fingerprint density at radius 1 is 0.655 bits per heavy atom. The van der Waals surface area contributed by atoms with Crippen LogP contribution in [0.2, 0.25) is 13.1 Å². The van der Waals surface area contributed by atoms with Crippen molar-refractivity contribution in [3.05, 3.63) is 131 Å². The van der Waals surface area contributed by atoms with E-state index < -0.39 is 20.8 Å². The molecule has 5 aliphatic carbocycles. The summed E-state index contributed by atoms with van der Waals surface area (Å²) in [5.74, 6) is 4.72. The van der Waals surface area contributed by atoms with E-state index in [9.17, 15) is 0 Å². The fraction of sp³-hybridized carbons (Fsp3) is 0.444. The predicted molar refractivity (Wildman–Crippen MR) is 253 cm³/mol. The third-order valence-corrected chi connectivity index (χ3v) is 14.1. The predicted octanol–water partition coefficient (Wildman–Crippen LogP) is 17.0. The van der Waals surface area contributed by atoms with Gasteiger partial charge in [0.2, 0.25) is 0 Å². The molecule has 2 radical (unpaired) electrons. The van der Waals surface area contributed by atoms with Gasteiger partial charge >= 0.3 is 37.9 Å². The summed E-state index contributed by atoms with van der Waals surface area (Å²) >= 11 is -0.826. The van der Waals surface area contributed by atoms with E-state index in [2.05, 4.69) is 157 Å². The molecule has 5 fully saturated rings. The number of rotatable bonds is 4. The van der Waals surface area contributed by atoms with Crippen LogP contribution >= 0.6 is 17.0 Å².